The van der Waals surface area contributed by atoms with Crippen molar-refractivity contribution in [3.05, 3.63) is 22.8 Å². The van der Waals surface area contributed by atoms with Gasteiger partial charge in [-0.25, -0.2) is 4.98 Å². The van der Waals surface area contributed by atoms with Crippen LogP contribution in [0.3, 0.4) is 0 Å². The van der Waals surface area contributed by atoms with Gasteiger partial charge in [0.25, 0.3) is 0 Å². The summed E-state index contributed by atoms with van der Waals surface area (Å²) in [5, 5.41) is 0.387. The van der Waals surface area contributed by atoms with Crippen LogP contribution in [-0.4, -0.2) is 16.1 Å². The van der Waals surface area contributed by atoms with Gasteiger partial charge in [0.2, 0.25) is 0 Å². The Kier molecular flexibility index (Phi) is 9.12. The normalized spacial score (nSPS) is 8.43. The summed E-state index contributed by atoms with van der Waals surface area (Å²) in [6, 6.07) is 3.11. The van der Waals surface area contributed by atoms with E-state index in [1.54, 1.807) is 12.1 Å². The number of nitrogens with zero attached hydrogens (tertiary/aromatic N) is 1. The van der Waals surface area contributed by atoms with Gasteiger partial charge in [0.15, 0.2) is 5.78 Å². The zero-order valence-corrected chi connectivity index (χ0v) is 12.6. The van der Waals surface area contributed by atoms with E-state index < -0.39 is 0 Å². The predicted octanol–water partition coefficient (Wildman–Crippen LogP) is 3.05. The third kappa shape index (κ3) is 4.25. The molecule has 0 saturated heterocycles. The van der Waals surface area contributed by atoms with Crippen molar-refractivity contribution in [2.45, 2.75) is 0 Å². The molecule has 1 heterocycles. The van der Waals surface area contributed by atoms with E-state index in [0.717, 1.165) is 0 Å². The Morgan fingerprint density at radius 1 is 1.50 bits per heavy atom. The molecule has 0 aliphatic heterocycles. The molecule has 0 fully saturated rings. The molecule has 80 valence electrons. The molecule has 1 aromatic rings. The van der Waals surface area contributed by atoms with E-state index in [4.69, 9.17) is 17.3 Å². The first kappa shape index (κ1) is 16.8. The Balaban J connectivity index is 0. The van der Waals surface area contributed by atoms with Crippen LogP contribution in [0.25, 0.3) is 0 Å². The summed E-state index contributed by atoms with van der Waals surface area (Å²) in [6.45, 7) is 0. The van der Waals surface area contributed by atoms with Gasteiger partial charge in [0.05, 0.1) is 10.9 Å². The minimum atomic E-state index is -0.104. The van der Waals surface area contributed by atoms with Gasteiger partial charge in [-0.15, -0.1) is 34.0 Å². The Labute approximate surface area is 116 Å². The van der Waals surface area contributed by atoms with Crippen LogP contribution in [-0.2, 0) is 0 Å². The average Bonchev–Trinajstić information content (AvgIpc) is 2.03. The zero-order chi connectivity index (χ0) is 9.14. The highest BCUT2D eigenvalue weighted by Gasteiger charge is 2.09. The van der Waals surface area contributed by atoms with Gasteiger partial charge in [0.1, 0.15) is 11.0 Å². The summed E-state index contributed by atoms with van der Waals surface area (Å²) in [7, 11) is 0. The van der Waals surface area contributed by atoms with Crippen LogP contribution in [0.2, 0.25) is 5.15 Å². The molecule has 0 aliphatic rings. The molecule has 0 spiro atoms. The van der Waals surface area contributed by atoms with Crippen molar-refractivity contribution in [3.63, 3.8) is 0 Å². The number of halogens is 4. The number of ketones is 1. The monoisotopic (exact) mass is 408 g/mol. The van der Waals surface area contributed by atoms with E-state index in [1.165, 1.54) is 0 Å². The lowest BCUT2D eigenvalue weighted by atomic mass is 10.2. The van der Waals surface area contributed by atoms with Crippen molar-refractivity contribution in [1.29, 1.82) is 0 Å². The molecule has 3 nitrogen and oxygen atoms in total. The van der Waals surface area contributed by atoms with E-state index in [9.17, 15) is 4.79 Å². The lowest BCUT2D eigenvalue weighted by Gasteiger charge is -1.99. The van der Waals surface area contributed by atoms with Crippen LogP contribution in [0.1, 0.15) is 10.4 Å². The lowest BCUT2D eigenvalue weighted by Crippen LogP contribution is -2.03. The fourth-order valence-corrected chi connectivity index (χ4v) is 1.30. The first-order chi connectivity index (χ1) is 5.65. The molecule has 2 N–H and O–H groups in total. The lowest BCUT2D eigenvalue weighted by molar-refractivity contribution is 0.102. The quantitative estimate of drug-likeness (QED) is 0.463. The molecule has 0 amide bonds. The van der Waals surface area contributed by atoms with Gasteiger partial charge in [-0.3, -0.25) is 4.79 Å². The van der Waals surface area contributed by atoms with Gasteiger partial charge in [0, 0.05) is 0 Å². The number of aromatic nitrogens is 1. The number of anilines is 1. The summed E-state index contributed by atoms with van der Waals surface area (Å²) in [5.41, 5.74) is 5.74. The molecule has 7 heteroatoms. The fraction of sp³-hybridized carbons (Fsp3) is 0.143. The number of rotatable bonds is 2. The summed E-state index contributed by atoms with van der Waals surface area (Å²) in [6.07, 6.45) is 0. The first-order valence-electron chi connectivity index (χ1n) is 3.16. The number of Topliss-reactive ketones (excluding diaryl/α,β-unsaturated/α-hetero) is 1. The highest BCUT2D eigenvalue weighted by atomic mass is 79.9. The first-order valence-corrected chi connectivity index (χ1v) is 4.66. The second-order valence-corrected chi connectivity index (χ2v) is 3.05. The van der Waals surface area contributed by atoms with Gasteiger partial charge in [-0.1, -0.05) is 27.5 Å². The second kappa shape index (κ2) is 7.62. The number of pyridine rings is 1. The Morgan fingerprint density at radius 2 is 2.07 bits per heavy atom. The molecular weight excluding hydrogens is 403 g/mol. The van der Waals surface area contributed by atoms with Crippen molar-refractivity contribution in [2.75, 3.05) is 11.1 Å². The maximum Gasteiger partial charge on any atom is 0.176 e. The SMILES string of the molecule is Br.Br.Nc1ccc(C(=O)CBr)c(Cl)n1. The number of nitrogen functional groups attached to an aromatic ring is 1. The van der Waals surface area contributed by atoms with E-state index in [1.807, 2.05) is 0 Å². The number of nitrogens with two attached hydrogens (primary N) is 1. The second-order valence-electron chi connectivity index (χ2n) is 2.13. The van der Waals surface area contributed by atoms with Gasteiger partial charge < -0.3 is 5.73 Å². The van der Waals surface area contributed by atoms with Gasteiger partial charge in [-0.05, 0) is 12.1 Å². The average molecular weight is 411 g/mol. The van der Waals surface area contributed by atoms with Crippen molar-refractivity contribution >= 4 is 73.1 Å². The molecule has 0 unspecified atom stereocenters. The molecule has 0 saturated carbocycles. The molecule has 0 aliphatic carbocycles. The summed E-state index contributed by atoms with van der Waals surface area (Å²) in [5.74, 6) is 0.207. The maximum atomic E-state index is 11.1. The highest BCUT2D eigenvalue weighted by molar-refractivity contribution is 9.09. The zero-order valence-electron chi connectivity index (χ0n) is 6.87. The van der Waals surface area contributed by atoms with Crippen molar-refractivity contribution in [1.82, 2.24) is 4.98 Å². The van der Waals surface area contributed by atoms with Gasteiger partial charge >= 0.3 is 0 Å². The standard InChI is InChI=1S/C7H6BrClN2O.2BrH/c8-3-5(12)4-1-2-6(10)11-7(4)9;;/h1-2H,3H2,(H2,10,11);2*1H. The van der Waals surface area contributed by atoms with Crippen LogP contribution in [0, 0.1) is 0 Å². The molecular formula is C7H8Br3ClN2O. The third-order valence-corrected chi connectivity index (χ3v) is 2.09. The van der Waals surface area contributed by atoms with Crippen LogP contribution < -0.4 is 5.73 Å². The van der Waals surface area contributed by atoms with Crippen LogP contribution >= 0.6 is 61.5 Å². The molecule has 0 bridgehead atoms. The summed E-state index contributed by atoms with van der Waals surface area (Å²) < 4.78 is 0. The Hall–Kier alpha value is 0.350. The van der Waals surface area contributed by atoms with Crippen LogP contribution in [0.4, 0.5) is 5.82 Å². The number of hydrogen-bond acceptors (Lipinski definition) is 3. The number of carbonyl (C=O) groups is 1. The van der Waals surface area contributed by atoms with E-state index in [-0.39, 0.29) is 50.2 Å². The number of carbonyl (C=O) groups excluding carboxylic acids is 1. The van der Waals surface area contributed by atoms with Crippen LogP contribution in [0.5, 0.6) is 0 Å². The van der Waals surface area contributed by atoms with E-state index in [2.05, 4.69) is 20.9 Å². The van der Waals surface area contributed by atoms with Gasteiger partial charge in [-0.2, -0.15) is 0 Å². The van der Waals surface area contributed by atoms with Crippen molar-refractivity contribution in [3.8, 4) is 0 Å². The van der Waals surface area contributed by atoms with Crippen molar-refractivity contribution < 1.29 is 4.79 Å². The topological polar surface area (TPSA) is 56.0 Å². The van der Waals surface area contributed by atoms with E-state index >= 15 is 0 Å². The molecule has 1 rings (SSSR count). The third-order valence-electron chi connectivity index (χ3n) is 1.29. The summed E-state index contributed by atoms with van der Waals surface area (Å²) in [4.78, 5) is 14.9. The maximum absolute atomic E-state index is 11.1. The molecule has 0 radical (unpaired) electrons. The molecule has 14 heavy (non-hydrogen) atoms. The largest absolute Gasteiger partial charge is 0.384 e. The minimum Gasteiger partial charge on any atom is -0.384 e. The predicted molar refractivity (Wildman–Crippen MR) is 72.4 cm³/mol. The fourth-order valence-electron chi connectivity index (χ4n) is 0.728. The number of alkyl halides is 1. The smallest absolute Gasteiger partial charge is 0.176 e. The highest BCUT2D eigenvalue weighted by Crippen LogP contribution is 2.15. The Morgan fingerprint density at radius 3 is 2.50 bits per heavy atom. The molecule has 0 aromatic carbocycles. The molecule has 1 aromatic heterocycles. The molecule has 0 atom stereocenters. The van der Waals surface area contributed by atoms with E-state index in [0.29, 0.717) is 11.4 Å². The van der Waals surface area contributed by atoms with Crippen molar-refractivity contribution in [2.24, 2.45) is 0 Å². The van der Waals surface area contributed by atoms with Crippen LogP contribution in [0.15, 0.2) is 12.1 Å². The minimum absolute atomic E-state index is 0. The summed E-state index contributed by atoms with van der Waals surface area (Å²) >= 11 is 8.71. The Bertz CT molecular complexity index is 322. The number of hydrogen-bond donors (Lipinski definition) is 1.